The number of ketones is 1. The molecular formula is C17H13ClF3NO3. The SMILES string of the molecule is CC(=O)c1ccc(OCC(=O)Nc2c(Cl)cccc2C(F)(F)F)cc1. The first kappa shape index (κ1) is 18.8. The van der Waals surface area contributed by atoms with E-state index in [2.05, 4.69) is 5.32 Å². The Morgan fingerprint density at radius 1 is 1.12 bits per heavy atom. The fourth-order valence-electron chi connectivity index (χ4n) is 2.00. The lowest BCUT2D eigenvalue weighted by atomic mass is 10.1. The van der Waals surface area contributed by atoms with Crippen LogP contribution in [-0.4, -0.2) is 18.3 Å². The maximum absolute atomic E-state index is 13.0. The first-order valence-electron chi connectivity index (χ1n) is 7.08. The minimum Gasteiger partial charge on any atom is -0.484 e. The van der Waals surface area contributed by atoms with Gasteiger partial charge in [0.2, 0.25) is 0 Å². The molecule has 8 heteroatoms. The van der Waals surface area contributed by atoms with E-state index < -0.39 is 29.9 Å². The number of hydrogen-bond donors (Lipinski definition) is 1. The molecule has 4 nitrogen and oxygen atoms in total. The third-order valence-electron chi connectivity index (χ3n) is 3.21. The molecule has 0 heterocycles. The van der Waals surface area contributed by atoms with E-state index in [1.54, 1.807) is 0 Å². The number of anilines is 1. The number of hydrogen-bond acceptors (Lipinski definition) is 3. The highest BCUT2D eigenvalue weighted by molar-refractivity contribution is 6.34. The van der Waals surface area contributed by atoms with Crippen LogP contribution in [0, 0.1) is 0 Å². The molecule has 1 N–H and O–H groups in total. The molecule has 2 rings (SSSR count). The predicted octanol–water partition coefficient (Wildman–Crippen LogP) is 4.58. The molecule has 2 aromatic rings. The van der Waals surface area contributed by atoms with Crippen LogP contribution in [0.2, 0.25) is 5.02 Å². The number of rotatable bonds is 5. The van der Waals surface area contributed by atoms with Gasteiger partial charge >= 0.3 is 6.18 Å². The topological polar surface area (TPSA) is 55.4 Å². The van der Waals surface area contributed by atoms with Crippen LogP contribution in [0.5, 0.6) is 5.75 Å². The number of alkyl halides is 3. The van der Waals surface area contributed by atoms with Crippen LogP contribution in [0.25, 0.3) is 0 Å². The van der Waals surface area contributed by atoms with Gasteiger partial charge in [-0.3, -0.25) is 9.59 Å². The number of ether oxygens (including phenoxy) is 1. The summed E-state index contributed by atoms with van der Waals surface area (Å²) in [5.41, 5.74) is -1.08. The quantitative estimate of drug-likeness (QED) is 0.783. The van der Waals surface area contributed by atoms with Crippen molar-refractivity contribution >= 4 is 29.0 Å². The summed E-state index contributed by atoms with van der Waals surface area (Å²) in [6, 6.07) is 9.22. The van der Waals surface area contributed by atoms with E-state index in [0.29, 0.717) is 11.3 Å². The molecule has 0 aliphatic heterocycles. The maximum Gasteiger partial charge on any atom is 0.418 e. The van der Waals surface area contributed by atoms with E-state index in [9.17, 15) is 22.8 Å². The van der Waals surface area contributed by atoms with Crippen molar-refractivity contribution < 1.29 is 27.5 Å². The maximum atomic E-state index is 13.0. The van der Waals surface area contributed by atoms with E-state index in [1.165, 1.54) is 37.3 Å². The molecule has 0 spiro atoms. The van der Waals surface area contributed by atoms with Gasteiger partial charge < -0.3 is 10.1 Å². The van der Waals surface area contributed by atoms with Crippen LogP contribution in [-0.2, 0) is 11.0 Å². The molecule has 2 aromatic carbocycles. The van der Waals surface area contributed by atoms with Crippen LogP contribution in [0.3, 0.4) is 0 Å². The van der Waals surface area contributed by atoms with Crippen molar-refractivity contribution in [3.05, 3.63) is 58.6 Å². The third kappa shape index (κ3) is 4.96. The first-order valence-corrected chi connectivity index (χ1v) is 7.45. The molecule has 0 aliphatic carbocycles. The van der Waals surface area contributed by atoms with Crippen LogP contribution < -0.4 is 10.1 Å². The molecule has 0 bridgehead atoms. The van der Waals surface area contributed by atoms with Gasteiger partial charge in [-0.15, -0.1) is 0 Å². The largest absolute Gasteiger partial charge is 0.484 e. The molecular weight excluding hydrogens is 359 g/mol. The van der Waals surface area contributed by atoms with Crippen molar-refractivity contribution in [1.29, 1.82) is 0 Å². The highest BCUT2D eigenvalue weighted by Crippen LogP contribution is 2.38. The number of carbonyl (C=O) groups excluding carboxylic acids is 2. The second kappa shape index (κ2) is 7.57. The van der Waals surface area contributed by atoms with Gasteiger partial charge in [-0.05, 0) is 43.3 Å². The van der Waals surface area contributed by atoms with Crippen LogP contribution in [0.1, 0.15) is 22.8 Å². The second-order valence-corrected chi connectivity index (χ2v) is 5.48. The normalized spacial score (nSPS) is 11.1. The van der Waals surface area contributed by atoms with E-state index in [-0.39, 0.29) is 10.8 Å². The number of halogens is 4. The lowest BCUT2D eigenvalue weighted by molar-refractivity contribution is -0.137. The summed E-state index contributed by atoms with van der Waals surface area (Å²) in [6.45, 7) is 0.896. The zero-order chi connectivity index (χ0) is 18.6. The van der Waals surface area contributed by atoms with E-state index in [4.69, 9.17) is 16.3 Å². The summed E-state index contributed by atoms with van der Waals surface area (Å²) in [6.07, 6.45) is -4.66. The fraction of sp³-hybridized carbons (Fsp3) is 0.176. The highest BCUT2D eigenvalue weighted by atomic mass is 35.5. The van der Waals surface area contributed by atoms with Gasteiger partial charge in [0.25, 0.3) is 5.91 Å². The monoisotopic (exact) mass is 371 g/mol. The fourth-order valence-corrected chi connectivity index (χ4v) is 2.22. The molecule has 0 unspecified atom stereocenters. The summed E-state index contributed by atoms with van der Waals surface area (Å²) in [5, 5.41) is 1.89. The number of para-hydroxylation sites is 1. The van der Waals surface area contributed by atoms with Gasteiger partial charge in [0.05, 0.1) is 16.3 Å². The van der Waals surface area contributed by atoms with Crippen molar-refractivity contribution in [3.8, 4) is 5.75 Å². The molecule has 0 aromatic heterocycles. The van der Waals surface area contributed by atoms with Crippen molar-refractivity contribution in [2.45, 2.75) is 13.1 Å². The van der Waals surface area contributed by atoms with Gasteiger partial charge in [-0.2, -0.15) is 13.2 Å². The van der Waals surface area contributed by atoms with Crippen LogP contribution in [0.15, 0.2) is 42.5 Å². The molecule has 0 fully saturated rings. The molecule has 0 aliphatic rings. The molecule has 25 heavy (non-hydrogen) atoms. The molecule has 0 saturated carbocycles. The zero-order valence-electron chi connectivity index (χ0n) is 13.0. The Hall–Kier alpha value is -2.54. The van der Waals surface area contributed by atoms with Gasteiger partial charge in [0, 0.05) is 5.56 Å². The van der Waals surface area contributed by atoms with Crippen LogP contribution >= 0.6 is 11.6 Å². The molecule has 0 atom stereocenters. The summed E-state index contributed by atoms with van der Waals surface area (Å²) >= 11 is 5.76. The lowest BCUT2D eigenvalue weighted by Gasteiger charge is -2.15. The Balaban J connectivity index is 2.05. The summed E-state index contributed by atoms with van der Waals surface area (Å²) in [4.78, 5) is 23.0. The van der Waals surface area contributed by atoms with E-state index in [0.717, 1.165) is 12.1 Å². The van der Waals surface area contributed by atoms with Crippen molar-refractivity contribution in [2.75, 3.05) is 11.9 Å². The molecule has 132 valence electrons. The average molecular weight is 372 g/mol. The summed E-state index contributed by atoms with van der Waals surface area (Å²) < 4.78 is 44.1. The van der Waals surface area contributed by atoms with Gasteiger partial charge in [0.1, 0.15) is 5.75 Å². The Bertz CT molecular complexity index is 789. The van der Waals surface area contributed by atoms with Gasteiger partial charge in [-0.25, -0.2) is 0 Å². The average Bonchev–Trinajstić information content (AvgIpc) is 2.54. The van der Waals surface area contributed by atoms with E-state index >= 15 is 0 Å². The number of benzene rings is 2. The minimum absolute atomic E-state index is 0.123. The van der Waals surface area contributed by atoms with Crippen molar-refractivity contribution in [1.82, 2.24) is 0 Å². The highest BCUT2D eigenvalue weighted by Gasteiger charge is 2.34. The number of carbonyl (C=O) groups is 2. The Morgan fingerprint density at radius 3 is 2.32 bits per heavy atom. The van der Waals surface area contributed by atoms with Gasteiger partial charge in [-0.1, -0.05) is 17.7 Å². The number of Topliss-reactive ketones (excluding diaryl/α,β-unsaturated/α-hetero) is 1. The minimum atomic E-state index is -4.66. The van der Waals surface area contributed by atoms with Crippen molar-refractivity contribution in [3.63, 3.8) is 0 Å². The first-order chi connectivity index (χ1) is 11.7. The van der Waals surface area contributed by atoms with Crippen LogP contribution in [0.4, 0.5) is 18.9 Å². The lowest BCUT2D eigenvalue weighted by Crippen LogP contribution is -2.22. The Labute approximate surface area is 146 Å². The predicted molar refractivity (Wildman–Crippen MR) is 87.0 cm³/mol. The number of nitrogens with one attached hydrogen (secondary N) is 1. The smallest absolute Gasteiger partial charge is 0.418 e. The zero-order valence-corrected chi connectivity index (χ0v) is 13.7. The van der Waals surface area contributed by atoms with Crippen molar-refractivity contribution in [2.24, 2.45) is 0 Å². The summed E-state index contributed by atoms with van der Waals surface area (Å²) in [7, 11) is 0. The van der Waals surface area contributed by atoms with Gasteiger partial charge in [0.15, 0.2) is 12.4 Å². The standard InChI is InChI=1S/C17H13ClF3NO3/c1-10(23)11-5-7-12(8-6-11)25-9-15(24)22-16-13(17(19,20)21)3-2-4-14(16)18/h2-8H,9H2,1H3,(H,22,24). The number of amides is 1. The Morgan fingerprint density at radius 2 is 1.76 bits per heavy atom. The second-order valence-electron chi connectivity index (χ2n) is 5.08. The Kier molecular flexibility index (Phi) is 5.69. The molecule has 0 saturated heterocycles. The molecule has 1 amide bonds. The third-order valence-corrected chi connectivity index (χ3v) is 3.53. The summed E-state index contributed by atoms with van der Waals surface area (Å²) in [5.74, 6) is -0.618. The van der Waals surface area contributed by atoms with E-state index in [1.807, 2.05) is 0 Å². The molecule has 0 radical (unpaired) electrons.